The first-order chi connectivity index (χ1) is 10.9. The minimum Gasteiger partial charge on any atom is -0.454 e. The Morgan fingerprint density at radius 3 is 2.65 bits per heavy atom. The van der Waals surface area contributed by atoms with Crippen LogP contribution in [0.4, 0.5) is 0 Å². The second-order valence-electron chi connectivity index (χ2n) is 7.74. The maximum absolute atomic E-state index is 13.0. The fraction of sp³-hybridized carbons (Fsp3) is 0.722. The summed E-state index contributed by atoms with van der Waals surface area (Å²) < 4.78 is 6.70. The molecule has 2 aliphatic rings. The first kappa shape index (κ1) is 16.9. The smallest absolute Gasteiger partial charge is 0.344 e. The maximum Gasteiger partial charge on any atom is 0.344 e. The molecular formula is C18H28NO3S+. The van der Waals surface area contributed by atoms with Crippen molar-refractivity contribution in [1.29, 1.82) is 0 Å². The third-order valence-electron chi connectivity index (χ3n) is 5.42. The Hall–Kier alpha value is -0.910. The fourth-order valence-corrected chi connectivity index (χ4v) is 5.02. The van der Waals surface area contributed by atoms with Gasteiger partial charge < -0.3 is 14.3 Å². The van der Waals surface area contributed by atoms with E-state index >= 15 is 0 Å². The Morgan fingerprint density at radius 2 is 2.04 bits per heavy atom. The Kier molecular flexibility index (Phi) is 4.81. The third-order valence-corrected chi connectivity index (χ3v) is 6.41. The number of rotatable bonds is 4. The van der Waals surface area contributed by atoms with Crippen LogP contribution in [0.2, 0.25) is 0 Å². The number of hydrogen-bond donors (Lipinski definition) is 1. The van der Waals surface area contributed by atoms with Crippen LogP contribution in [0.3, 0.4) is 0 Å². The van der Waals surface area contributed by atoms with E-state index in [-0.39, 0.29) is 12.0 Å². The molecule has 2 atom stereocenters. The number of carbonyl (C=O) groups excluding carboxylic acids is 1. The van der Waals surface area contributed by atoms with Crippen LogP contribution >= 0.6 is 11.3 Å². The molecule has 0 spiro atoms. The molecule has 2 fully saturated rings. The van der Waals surface area contributed by atoms with E-state index in [2.05, 4.69) is 14.1 Å². The number of thiophene rings is 1. The number of esters is 1. The molecule has 4 nitrogen and oxygen atoms in total. The lowest BCUT2D eigenvalue weighted by Gasteiger charge is -2.39. The largest absolute Gasteiger partial charge is 0.454 e. The average Bonchev–Trinajstić information content (AvgIpc) is 3.19. The number of likely N-dealkylation sites (N-methyl/N-ethyl adjacent to an activating group) is 1. The number of aliphatic hydroxyl groups is 1. The SMILES string of the molecule is C[N+]1(C)CCCC(OC(=O)C(O)(c2cccs2)C2CCCC2)C1. The molecule has 3 rings (SSSR count). The van der Waals surface area contributed by atoms with E-state index in [1.807, 2.05) is 17.5 Å². The van der Waals surface area contributed by atoms with Crippen LogP contribution in [0.5, 0.6) is 0 Å². The summed E-state index contributed by atoms with van der Waals surface area (Å²) in [5.74, 6) is -0.446. The van der Waals surface area contributed by atoms with Crippen molar-refractivity contribution in [3.8, 4) is 0 Å². The van der Waals surface area contributed by atoms with Crippen molar-refractivity contribution in [1.82, 2.24) is 0 Å². The monoisotopic (exact) mass is 338 g/mol. The number of quaternary nitrogens is 1. The van der Waals surface area contributed by atoms with E-state index < -0.39 is 11.6 Å². The molecule has 1 N–H and O–H groups in total. The van der Waals surface area contributed by atoms with Crippen molar-refractivity contribution in [2.75, 3.05) is 27.2 Å². The van der Waals surface area contributed by atoms with E-state index in [1.54, 1.807) is 0 Å². The van der Waals surface area contributed by atoms with Gasteiger partial charge in [0.2, 0.25) is 0 Å². The Bertz CT molecular complexity index is 536. The summed E-state index contributed by atoms with van der Waals surface area (Å²) >= 11 is 1.45. The number of likely N-dealkylation sites (tertiary alicyclic amines) is 1. The fourth-order valence-electron chi connectivity index (χ4n) is 4.13. The lowest BCUT2D eigenvalue weighted by molar-refractivity contribution is -0.898. The summed E-state index contributed by atoms with van der Waals surface area (Å²) in [6.07, 6.45) is 5.84. The van der Waals surface area contributed by atoms with Gasteiger partial charge in [0.15, 0.2) is 11.7 Å². The van der Waals surface area contributed by atoms with Crippen LogP contribution < -0.4 is 0 Å². The van der Waals surface area contributed by atoms with Gasteiger partial charge in [0.1, 0.15) is 6.54 Å². The molecule has 0 bridgehead atoms. The van der Waals surface area contributed by atoms with Gasteiger partial charge in [-0.15, -0.1) is 11.3 Å². The number of piperidine rings is 1. The van der Waals surface area contributed by atoms with Crippen molar-refractivity contribution >= 4 is 17.3 Å². The molecule has 0 amide bonds. The molecule has 1 aromatic heterocycles. The molecule has 23 heavy (non-hydrogen) atoms. The van der Waals surface area contributed by atoms with Crippen molar-refractivity contribution in [2.24, 2.45) is 5.92 Å². The van der Waals surface area contributed by atoms with Crippen LogP contribution in [0.25, 0.3) is 0 Å². The summed E-state index contributed by atoms with van der Waals surface area (Å²) in [5.41, 5.74) is -1.46. The predicted molar refractivity (Wildman–Crippen MR) is 91.1 cm³/mol. The number of ether oxygens (including phenoxy) is 1. The zero-order valence-electron chi connectivity index (χ0n) is 14.2. The lowest BCUT2D eigenvalue weighted by Crippen LogP contribution is -2.52. The quantitative estimate of drug-likeness (QED) is 0.678. The molecule has 0 aromatic carbocycles. The van der Waals surface area contributed by atoms with E-state index in [1.165, 1.54) is 11.3 Å². The summed E-state index contributed by atoms with van der Waals surface area (Å²) in [6.45, 7) is 1.95. The van der Waals surface area contributed by atoms with Crippen molar-refractivity contribution in [2.45, 2.75) is 50.2 Å². The highest BCUT2D eigenvalue weighted by molar-refractivity contribution is 7.10. The van der Waals surface area contributed by atoms with Gasteiger partial charge in [0.25, 0.3) is 0 Å². The molecule has 1 aromatic rings. The van der Waals surface area contributed by atoms with Crippen LogP contribution in [-0.2, 0) is 15.1 Å². The first-order valence-electron chi connectivity index (χ1n) is 8.71. The van der Waals surface area contributed by atoms with Gasteiger partial charge >= 0.3 is 5.97 Å². The number of carbonyl (C=O) groups is 1. The summed E-state index contributed by atoms with van der Waals surface area (Å²) in [6, 6.07) is 3.76. The molecule has 2 unspecified atom stereocenters. The summed E-state index contributed by atoms with van der Waals surface area (Å²) in [7, 11) is 4.34. The zero-order valence-corrected chi connectivity index (χ0v) is 15.0. The summed E-state index contributed by atoms with van der Waals surface area (Å²) in [5, 5.41) is 13.3. The van der Waals surface area contributed by atoms with Crippen LogP contribution in [0.15, 0.2) is 17.5 Å². The Morgan fingerprint density at radius 1 is 1.30 bits per heavy atom. The average molecular weight is 338 g/mol. The second-order valence-corrected chi connectivity index (χ2v) is 8.68. The van der Waals surface area contributed by atoms with Crippen LogP contribution in [0.1, 0.15) is 43.4 Å². The van der Waals surface area contributed by atoms with Gasteiger partial charge in [-0.05, 0) is 30.7 Å². The van der Waals surface area contributed by atoms with Crippen molar-refractivity contribution in [3.63, 3.8) is 0 Å². The molecule has 2 heterocycles. The highest BCUT2D eigenvalue weighted by Crippen LogP contribution is 2.43. The topological polar surface area (TPSA) is 46.5 Å². The first-order valence-corrected chi connectivity index (χ1v) is 9.59. The molecule has 1 aliphatic carbocycles. The van der Waals surface area contributed by atoms with Gasteiger partial charge in [0.05, 0.1) is 20.6 Å². The molecule has 0 radical (unpaired) electrons. The number of nitrogens with zero attached hydrogens (tertiary/aromatic N) is 1. The Labute approximate surface area is 142 Å². The molecule has 128 valence electrons. The molecule has 1 aliphatic heterocycles. The predicted octanol–water partition coefficient (Wildman–Crippen LogP) is 2.91. The van der Waals surface area contributed by atoms with Gasteiger partial charge in [-0.1, -0.05) is 18.9 Å². The van der Waals surface area contributed by atoms with E-state index in [4.69, 9.17) is 4.74 Å². The van der Waals surface area contributed by atoms with Gasteiger partial charge in [-0.25, -0.2) is 4.79 Å². The Balaban J connectivity index is 1.78. The van der Waals surface area contributed by atoms with Gasteiger partial charge in [-0.3, -0.25) is 0 Å². The summed E-state index contributed by atoms with van der Waals surface area (Å²) in [4.78, 5) is 13.7. The zero-order chi connectivity index (χ0) is 16.5. The lowest BCUT2D eigenvalue weighted by atomic mass is 9.84. The molecule has 1 saturated heterocycles. The van der Waals surface area contributed by atoms with Crippen LogP contribution in [-0.4, -0.2) is 48.8 Å². The van der Waals surface area contributed by atoms with Gasteiger partial charge in [0, 0.05) is 17.2 Å². The van der Waals surface area contributed by atoms with E-state index in [9.17, 15) is 9.90 Å². The molecule has 1 saturated carbocycles. The number of hydrogen-bond acceptors (Lipinski definition) is 4. The van der Waals surface area contributed by atoms with Crippen LogP contribution in [0, 0.1) is 5.92 Å². The van der Waals surface area contributed by atoms with E-state index in [0.717, 1.165) is 61.0 Å². The minimum absolute atomic E-state index is 0.0141. The second kappa shape index (κ2) is 6.54. The molecule has 5 heteroatoms. The normalized spacial score (nSPS) is 27.5. The van der Waals surface area contributed by atoms with Crippen molar-refractivity contribution < 1.29 is 19.1 Å². The standard InChI is InChI=1S/C18H28NO3S/c1-19(2)11-5-9-15(13-19)22-17(20)18(21,14-7-3-4-8-14)16-10-6-12-23-16/h6,10,12,14-15,21H,3-5,7-9,11,13H2,1-2H3/q+1. The highest BCUT2D eigenvalue weighted by atomic mass is 32.1. The van der Waals surface area contributed by atoms with Gasteiger partial charge in [-0.2, -0.15) is 0 Å². The molecular weight excluding hydrogens is 310 g/mol. The maximum atomic E-state index is 13.0. The van der Waals surface area contributed by atoms with Crippen molar-refractivity contribution in [3.05, 3.63) is 22.4 Å². The third kappa shape index (κ3) is 3.47. The van der Waals surface area contributed by atoms with E-state index in [0.29, 0.717) is 0 Å². The minimum atomic E-state index is -1.46. The highest BCUT2D eigenvalue weighted by Gasteiger charge is 2.49.